The highest BCUT2D eigenvalue weighted by molar-refractivity contribution is 8.05. The molecule has 0 N–H and O–H groups in total. The summed E-state index contributed by atoms with van der Waals surface area (Å²) in [5, 5.41) is 3.24. The van der Waals surface area contributed by atoms with Crippen molar-refractivity contribution in [3.63, 3.8) is 0 Å². The zero-order valence-corrected chi connectivity index (χ0v) is 14.0. The summed E-state index contributed by atoms with van der Waals surface area (Å²) < 4.78 is 83.2. The molecule has 0 radical (unpaired) electrons. The average Bonchev–Trinajstić information content (AvgIpc) is 2.82. The molecule has 25 heavy (non-hydrogen) atoms. The lowest BCUT2D eigenvalue weighted by atomic mass is 10.1. The predicted molar refractivity (Wildman–Crippen MR) is 79.5 cm³/mol. The van der Waals surface area contributed by atoms with Crippen LogP contribution in [-0.2, 0) is 20.4 Å². The Balaban J connectivity index is 2.35. The second-order valence-electron chi connectivity index (χ2n) is 5.77. The number of nitrogens with zero attached hydrogens (tertiary/aromatic N) is 1. The van der Waals surface area contributed by atoms with Crippen LogP contribution >= 0.6 is 0 Å². The number of halogens is 4. The fourth-order valence-corrected chi connectivity index (χ4v) is 3.67. The number of hydrogen-bond donors (Lipinski definition) is 0. The minimum atomic E-state index is -4.03. The Morgan fingerprint density at radius 3 is 2.36 bits per heavy atom. The van der Waals surface area contributed by atoms with Crippen LogP contribution in [0.25, 0.3) is 0 Å². The van der Waals surface area contributed by atoms with Gasteiger partial charge in [-0.2, -0.15) is 17.6 Å². The molecule has 0 saturated heterocycles. The number of hydrogen-bond acceptors (Lipinski definition) is 6. The Labute approximate surface area is 141 Å². The monoisotopic (exact) mass is 385 g/mol. The lowest BCUT2D eigenvalue weighted by Gasteiger charge is -2.16. The highest BCUT2D eigenvalue weighted by Crippen LogP contribution is 2.36. The SMILES string of the molecule is CC1(C)CC(S(=O)(=O)Cc2cccc(OC(F)F)c2OC(F)F)=NO1. The maximum absolute atomic E-state index is 12.6. The van der Waals surface area contributed by atoms with E-state index < -0.39 is 45.9 Å². The van der Waals surface area contributed by atoms with Crippen molar-refractivity contribution in [3.8, 4) is 11.5 Å². The van der Waals surface area contributed by atoms with Gasteiger partial charge in [-0.1, -0.05) is 17.3 Å². The molecule has 0 saturated carbocycles. The summed E-state index contributed by atoms with van der Waals surface area (Å²) >= 11 is 0. The first-order chi connectivity index (χ1) is 11.5. The van der Waals surface area contributed by atoms with E-state index in [1.165, 1.54) is 6.07 Å². The van der Waals surface area contributed by atoms with Gasteiger partial charge in [0, 0.05) is 12.0 Å². The van der Waals surface area contributed by atoms with Gasteiger partial charge in [0.05, 0.1) is 5.75 Å². The van der Waals surface area contributed by atoms with E-state index in [0.29, 0.717) is 0 Å². The highest BCUT2D eigenvalue weighted by Gasteiger charge is 2.36. The number of alkyl halides is 4. The Morgan fingerprint density at radius 1 is 1.20 bits per heavy atom. The van der Waals surface area contributed by atoms with Gasteiger partial charge < -0.3 is 14.3 Å². The third kappa shape index (κ3) is 4.97. The molecular weight excluding hydrogens is 370 g/mol. The third-order valence-corrected chi connectivity index (χ3v) is 4.79. The predicted octanol–water partition coefficient (Wildman–Crippen LogP) is 3.32. The van der Waals surface area contributed by atoms with E-state index in [-0.39, 0.29) is 17.0 Å². The molecule has 1 aromatic carbocycles. The smallest absolute Gasteiger partial charge is 0.387 e. The van der Waals surface area contributed by atoms with Crippen LogP contribution in [0.1, 0.15) is 25.8 Å². The number of benzene rings is 1. The molecule has 140 valence electrons. The van der Waals surface area contributed by atoms with E-state index in [2.05, 4.69) is 14.6 Å². The topological polar surface area (TPSA) is 74.2 Å². The highest BCUT2D eigenvalue weighted by atomic mass is 32.2. The fraction of sp³-hybridized carbons (Fsp3) is 0.500. The number of oxime groups is 1. The van der Waals surface area contributed by atoms with Gasteiger partial charge in [0.15, 0.2) is 26.4 Å². The van der Waals surface area contributed by atoms with Crippen molar-refractivity contribution in [3.05, 3.63) is 23.8 Å². The molecule has 0 fully saturated rings. The second kappa shape index (κ2) is 7.06. The summed E-state index contributed by atoms with van der Waals surface area (Å²) in [6, 6.07) is 3.33. The van der Waals surface area contributed by atoms with Gasteiger partial charge in [-0.25, -0.2) is 8.42 Å². The molecule has 11 heteroatoms. The molecular formula is C14H15F4NO5S. The zero-order valence-electron chi connectivity index (χ0n) is 13.2. The summed E-state index contributed by atoms with van der Waals surface area (Å²) in [4.78, 5) is 4.98. The normalized spacial score (nSPS) is 16.7. The Morgan fingerprint density at radius 2 is 1.84 bits per heavy atom. The van der Waals surface area contributed by atoms with Crippen molar-refractivity contribution >= 4 is 14.9 Å². The van der Waals surface area contributed by atoms with Gasteiger partial charge in [-0.3, -0.25) is 0 Å². The molecule has 2 rings (SSSR count). The molecule has 0 aromatic heterocycles. The fourth-order valence-electron chi connectivity index (χ4n) is 2.14. The number of rotatable bonds is 6. The van der Waals surface area contributed by atoms with Crippen LogP contribution in [0.3, 0.4) is 0 Å². The molecule has 1 aliphatic rings. The molecule has 0 unspecified atom stereocenters. The maximum atomic E-state index is 12.6. The molecule has 6 nitrogen and oxygen atoms in total. The van der Waals surface area contributed by atoms with Crippen LogP contribution in [0, 0.1) is 0 Å². The van der Waals surface area contributed by atoms with Crippen LogP contribution in [0.15, 0.2) is 23.4 Å². The molecule has 0 bridgehead atoms. The average molecular weight is 385 g/mol. The lowest BCUT2D eigenvalue weighted by Crippen LogP contribution is -2.23. The van der Waals surface area contributed by atoms with Crippen LogP contribution in [0.5, 0.6) is 11.5 Å². The number of para-hydroxylation sites is 1. The van der Waals surface area contributed by atoms with Crippen LogP contribution in [0.2, 0.25) is 0 Å². The van der Waals surface area contributed by atoms with Gasteiger partial charge in [-0.15, -0.1) is 0 Å². The first kappa shape index (κ1) is 19.3. The zero-order chi connectivity index (χ0) is 18.8. The number of ether oxygens (including phenoxy) is 2. The van der Waals surface area contributed by atoms with E-state index in [0.717, 1.165) is 12.1 Å². The van der Waals surface area contributed by atoms with E-state index in [9.17, 15) is 26.0 Å². The largest absolute Gasteiger partial charge is 0.431 e. The summed E-state index contributed by atoms with van der Waals surface area (Å²) in [6.45, 7) is -3.39. The van der Waals surface area contributed by atoms with E-state index in [1.54, 1.807) is 13.8 Å². The Bertz CT molecular complexity index is 764. The molecule has 1 heterocycles. The van der Waals surface area contributed by atoms with Gasteiger partial charge in [0.2, 0.25) is 0 Å². The summed E-state index contributed by atoms with van der Waals surface area (Å²) in [6.07, 6.45) is -0.00635. The minimum absolute atomic E-state index is 0.00635. The molecule has 0 atom stereocenters. The first-order valence-electron chi connectivity index (χ1n) is 6.99. The molecule has 0 amide bonds. The summed E-state index contributed by atoms with van der Waals surface area (Å²) in [5.74, 6) is -2.23. The van der Waals surface area contributed by atoms with Gasteiger partial charge in [0.25, 0.3) is 0 Å². The Kier molecular flexibility index (Phi) is 5.45. The third-order valence-electron chi connectivity index (χ3n) is 3.16. The summed E-state index contributed by atoms with van der Waals surface area (Å²) in [7, 11) is -4.03. The van der Waals surface area contributed by atoms with Crippen molar-refractivity contribution in [2.75, 3.05) is 0 Å². The standard InChI is InChI=1S/C14H15F4NO5S/c1-14(2)6-10(19-24-14)25(20,21)7-8-4-3-5-9(22-12(15)16)11(8)23-13(17)18/h3-5,12-13H,6-7H2,1-2H3. The van der Waals surface area contributed by atoms with Gasteiger partial charge >= 0.3 is 13.2 Å². The summed E-state index contributed by atoms with van der Waals surface area (Å²) in [5.41, 5.74) is -1.07. The maximum Gasteiger partial charge on any atom is 0.387 e. The van der Waals surface area contributed by atoms with Gasteiger partial charge in [-0.05, 0) is 19.9 Å². The van der Waals surface area contributed by atoms with E-state index in [4.69, 9.17) is 4.84 Å². The first-order valence-corrected chi connectivity index (χ1v) is 8.65. The molecule has 0 aliphatic carbocycles. The Hall–Kier alpha value is -2.04. The van der Waals surface area contributed by atoms with Crippen LogP contribution in [0.4, 0.5) is 17.6 Å². The van der Waals surface area contributed by atoms with Crippen molar-refractivity contribution in [2.24, 2.45) is 5.16 Å². The van der Waals surface area contributed by atoms with Gasteiger partial charge in [0.1, 0.15) is 5.60 Å². The van der Waals surface area contributed by atoms with Crippen molar-refractivity contribution in [1.29, 1.82) is 0 Å². The van der Waals surface area contributed by atoms with Crippen molar-refractivity contribution in [2.45, 2.75) is 44.8 Å². The van der Waals surface area contributed by atoms with Crippen LogP contribution < -0.4 is 9.47 Å². The minimum Gasteiger partial charge on any atom is -0.431 e. The molecule has 0 spiro atoms. The molecule has 1 aromatic rings. The van der Waals surface area contributed by atoms with Crippen LogP contribution in [-0.4, -0.2) is 32.3 Å². The second-order valence-corrected chi connectivity index (χ2v) is 7.76. The van der Waals surface area contributed by atoms with Crippen molar-refractivity contribution < 1.29 is 40.3 Å². The quantitative estimate of drug-likeness (QED) is 0.703. The van der Waals surface area contributed by atoms with E-state index >= 15 is 0 Å². The molecule has 1 aliphatic heterocycles. The van der Waals surface area contributed by atoms with E-state index in [1.807, 2.05) is 0 Å². The lowest BCUT2D eigenvalue weighted by molar-refractivity contribution is -0.0695. The number of sulfone groups is 1. The van der Waals surface area contributed by atoms with Crippen molar-refractivity contribution in [1.82, 2.24) is 0 Å².